The molecule has 0 bridgehead atoms. The van der Waals surface area contributed by atoms with E-state index in [0.717, 1.165) is 9.01 Å². The van der Waals surface area contributed by atoms with Crippen LogP contribution in [0.2, 0.25) is 10.0 Å². The molecule has 0 spiro atoms. The standard InChI is InChI=1S/C22H19Cl2N5O3S2/c1-2-29-20-18(10-9-17(23)19(20)24)33-22(29)27-21(30)15-5-7-16(8-6-15)34(31,32)28(13-3-11-25)14-4-12-26/h5-10H,2-4,13-14H2,1H3. The molecule has 1 aromatic heterocycles. The molecular formula is C22H19Cl2N5O3S2. The van der Waals surface area contributed by atoms with E-state index < -0.39 is 15.9 Å². The van der Waals surface area contributed by atoms with Gasteiger partial charge >= 0.3 is 0 Å². The highest BCUT2D eigenvalue weighted by Crippen LogP contribution is 2.32. The third kappa shape index (κ3) is 5.33. The molecule has 0 unspecified atom stereocenters. The Bertz CT molecular complexity index is 1460. The van der Waals surface area contributed by atoms with E-state index >= 15 is 0 Å². The van der Waals surface area contributed by atoms with Crippen LogP contribution in [0.4, 0.5) is 0 Å². The van der Waals surface area contributed by atoms with Crippen LogP contribution in [-0.2, 0) is 16.6 Å². The Balaban J connectivity index is 1.94. The fourth-order valence-corrected chi connectivity index (χ4v) is 6.27. The second kappa shape index (κ2) is 11.1. The molecule has 34 heavy (non-hydrogen) atoms. The molecular weight excluding hydrogens is 517 g/mol. The van der Waals surface area contributed by atoms with Crippen LogP contribution >= 0.6 is 34.5 Å². The number of carbonyl (C=O) groups excluding carboxylic acids is 1. The van der Waals surface area contributed by atoms with Gasteiger partial charge in [0.1, 0.15) is 0 Å². The molecule has 12 heteroatoms. The molecule has 1 heterocycles. The van der Waals surface area contributed by atoms with Crippen molar-refractivity contribution in [2.24, 2.45) is 4.99 Å². The van der Waals surface area contributed by atoms with E-state index in [-0.39, 0.29) is 36.4 Å². The number of halogens is 2. The zero-order valence-electron chi connectivity index (χ0n) is 18.0. The van der Waals surface area contributed by atoms with Crippen molar-refractivity contribution in [3.8, 4) is 12.1 Å². The van der Waals surface area contributed by atoms with E-state index in [1.807, 2.05) is 25.1 Å². The molecule has 2 aromatic carbocycles. The Morgan fingerprint density at radius 1 is 1.09 bits per heavy atom. The minimum atomic E-state index is -3.92. The lowest BCUT2D eigenvalue weighted by molar-refractivity contribution is 0.0997. The molecule has 0 radical (unpaired) electrons. The van der Waals surface area contributed by atoms with Gasteiger partial charge in [-0.3, -0.25) is 4.79 Å². The number of rotatable bonds is 8. The van der Waals surface area contributed by atoms with E-state index in [0.29, 0.717) is 26.9 Å². The van der Waals surface area contributed by atoms with Crippen LogP contribution in [0.15, 0.2) is 46.3 Å². The summed E-state index contributed by atoms with van der Waals surface area (Å²) in [6, 6.07) is 12.7. The number of hydrogen-bond acceptors (Lipinski definition) is 6. The van der Waals surface area contributed by atoms with Gasteiger partial charge in [0.25, 0.3) is 5.91 Å². The topological polar surface area (TPSA) is 119 Å². The van der Waals surface area contributed by atoms with Crippen LogP contribution in [0.3, 0.4) is 0 Å². The van der Waals surface area contributed by atoms with Gasteiger partial charge in [-0.15, -0.1) is 0 Å². The van der Waals surface area contributed by atoms with Crippen molar-refractivity contribution in [1.29, 1.82) is 10.5 Å². The number of fused-ring (bicyclic) bond motifs is 1. The number of benzene rings is 2. The lowest BCUT2D eigenvalue weighted by Gasteiger charge is -2.20. The average molecular weight is 536 g/mol. The van der Waals surface area contributed by atoms with Crippen molar-refractivity contribution in [3.05, 3.63) is 56.8 Å². The monoisotopic (exact) mass is 535 g/mol. The predicted molar refractivity (Wildman–Crippen MR) is 131 cm³/mol. The smallest absolute Gasteiger partial charge is 0.279 e. The molecule has 3 rings (SSSR count). The Kier molecular flexibility index (Phi) is 8.47. The highest BCUT2D eigenvalue weighted by molar-refractivity contribution is 7.89. The largest absolute Gasteiger partial charge is 0.315 e. The second-order valence-corrected chi connectivity index (χ2v) is 10.7. The molecule has 3 aromatic rings. The SMILES string of the molecule is CCn1c(=NC(=O)c2ccc(S(=O)(=O)N(CCC#N)CCC#N)cc2)sc2ccc(Cl)c(Cl)c21. The van der Waals surface area contributed by atoms with Crippen molar-refractivity contribution in [1.82, 2.24) is 8.87 Å². The van der Waals surface area contributed by atoms with Crippen LogP contribution in [-0.4, -0.2) is 36.3 Å². The minimum Gasteiger partial charge on any atom is -0.315 e. The maximum Gasteiger partial charge on any atom is 0.279 e. The molecule has 0 saturated carbocycles. The van der Waals surface area contributed by atoms with E-state index in [4.69, 9.17) is 33.7 Å². The molecule has 0 aliphatic rings. The molecule has 176 valence electrons. The second-order valence-electron chi connectivity index (χ2n) is 7.00. The number of amides is 1. The lowest BCUT2D eigenvalue weighted by Crippen LogP contribution is -2.32. The van der Waals surface area contributed by atoms with E-state index in [2.05, 4.69) is 4.99 Å². The molecule has 8 nitrogen and oxygen atoms in total. The first kappa shape index (κ1) is 25.9. The van der Waals surface area contributed by atoms with Gasteiger partial charge in [0.2, 0.25) is 10.0 Å². The van der Waals surface area contributed by atoms with Crippen LogP contribution in [0.1, 0.15) is 30.1 Å². The van der Waals surface area contributed by atoms with Crippen molar-refractivity contribution in [2.75, 3.05) is 13.1 Å². The van der Waals surface area contributed by atoms with Crippen molar-refractivity contribution < 1.29 is 13.2 Å². The van der Waals surface area contributed by atoms with Crippen molar-refractivity contribution in [2.45, 2.75) is 31.2 Å². The summed E-state index contributed by atoms with van der Waals surface area (Å²) in [6.45, 7) is 2.37. The van der Waals surface area contributed by atoms with Crippen LogP contribution in [0.25, 0.3) is 10.2 Å². The van der Waals surface area contributed by atoms with Gasteiger partial charge in [-0.2, -0.15) is 19.8 Å². The number of sulfonamides is 1. The van der Waals surface area contributed by atoms with E-state index in [9.17, 15) is 13.2 Å². The predicted octanol–water partition coefficient (Wildman–Crippen LogP) is 4.59. The summed E-state index contributed by atoms with van der Waals surface area (Å²) in [5.74, 6) is -0.536. The normalized spacial score (nSPS) is 12.1. The first-order valence-corrected chi connectivity index (χ1v) is 13.2. The van der Waals surface area contributed by atoms with Gasteiger partial charge in [0, 0.05) is 38.0 Å². The first-order valence-electron chi connectivity index (χ1n) is 10.1. The Morgan fingerprint density at radius 2 is 1.71 bits per heavy atom. The van der Waals surface area contributed by atoms with Gasteiger partial charge in [0.05, 0.1) is 37.3 Å². The van der Waals surface area contributed by atoms with Gasteiger partial charge in [-0.1, -0.05) is 34.5 Å². The molecule has 0 atom stereocenters. The maximum absolute atomic E-state index is 12.9. The van der Waals surface area contributed by atoms with Crippen LogP contribution in [0.5, 0.6) is 0 Å². The first-order chi connectivity index (χ1) is 16.2. The fraction of sp³-hybridized carbons (Fsp3) is 0.273. The number of aryl methyl sites for hydroxylation is 1. The Labute approximate surface area is 210 Å². The summed E-state index contributed by atoms with van der Waals surface area (Å²) < 4.78 is 29.6. The van der Waals surface area contributed by atoms with E-state index in [1.54, 1.807) is 10.6 Å². The quantitative estimate of drug-likeness (QED) is 0.417. The van der Waals surface area contributed by atoms with Gasteiger partial charge in [-0.05, 0) is 43.3 Å². The average Bonchev–Trinajstić information content (AvgIpc) is 3.19. The third-order valence-electron chi connectivity index (χ3n) is 4.93. The summed E-state index contributed by atoms with van der Waals surface area (Å²) in [7, 11) is -3.92. The number of nitrogens with zero attached hydrogens (tertiary/aromatic N) is 5. The summed E-state index contributed by atoms with van der Waals surface area (Å²) in [5.41, 5.74) is 0.910. The molecule has 0 aliphatic heterocycles. The van der Waals surface area contributed by atoms with Gasteiger partial charge in [0.15, 0.2) is 4.80 Å². The minimum absolute atomic E-state index is 0.00192. The lowest BCUT2D eigenvalue weighted by atomic mass is 10.2. The highest BCUT2D eigenvalue weighted by Gasteiger charge is 2.24. The number of carbonyl (C=O) groups is 1. The van der Waals surface area contributed by atoms with Crippen LogP contribution in [0, 0.1) is 22.7 Å². The Hall–Kier alpha value is -2.73. The number of aromatic nitrogens is 1. The van der Waals surface area contributed by atoms with E-state index in [1.165, 1.54) is 35.6 Å². The fourth-order valence-electron chi connectivity index (χ4n) is 3.25. The molecule has 1 amide bonds. The highest BCUT2D eigenvalue weighted by atomic mass is 35.5. The van der Waals surface area contributed by atoms with Crippen LogP contribution < -0.4 is 4.80 Å². The number of hydrogen-bond donors (Lipinski definition) is 0. The maximum atomic E-state index is 12.9. The summed E-state index contributed by atoms with van der Waals surface area (Å²) in [4.78, 5) is 17.5. The molecule has 0 aliphatic carbocycles. The summed E-state index contributed by atoms with van der Waals surface area (Å²) >= 11 is 13.8. The third-order valence-corrected chi connectivity index (χ3v) is 8.68. The molecule has 0 N–H and O–H groups in total. The molecule has 0 fully saturated rings. The molecule has 0 saturated heterocycles. The number of nitriles is 2. The van der Waals surface area contributed by atoms with Crippen molar-refractivity contribution >= 4 is 60.7 Å². The summed E-state index contributed by atoms with van der Waals surface area (Å²) in [6.07, 6.45) is 0.00383. The zero-order chi connectivity index (χ0) is 24.9. The number of thiazole rings is 1. The summed E-state index contributed by atoms with van der Waals surface area (Å²) in [5, 5.41) is 18.4. The Morgan fingerprint density at radius 3 is 2.26 bits per heavy atom. The van der Waals surface area contributed by atoms with Gasteiger partial charge in [-0.25, -0.2) is 8.42 Å². The zero-order valence-corrected chi connectivity index (χ0v) is 21.2. The van der Waals surface area contributed by atoms with Crippen molar-refractivity contribution in [3.63, 3.8) is 0 Å². The van der Waals surface area contributed by atoms with Gasteiger partial charge < -0.3 is 4.57 Å².